The van der Waals surface area contributed by atoms with E-state index in [4.69, 9.17) is 4.74 Å². The molecule has 22 heavy (non-hydrogen) atoms. The van der Waals surface area contributed by atoms with Crippen LogP contribution in [0.2, 0.25) is 0 Å². The van der Waals surface area contributed by atoms with Crippen molar-refractivity contribution in [3.8, 4) is 5.75 Å². The van der Waals surface area contributed by atoms with Gasteiger partial charge >= 0.3 is 5.97 Å². The molecule has 1 aromatic carbocycles. The number of carboxylic acids is 1. The maximum absolute atomic E-state index is 11.9. The lowest BCUT2D eigenvalue weighted by molar-refractivity contribution is -0.152. The minimum atomic E-state index is -0.948. The predicted molar refractivity (Wildman–Crippen MR) is 79.6 cm³/mol. The van der Waals surface area contributed by atoms with E-state index >= 15 is 0 Å². The molecule has 0 aliphatic carbocycles. The number of hydrogen-bond donors (Lipinski definition) is 1. The summed E-state index contributed by atoms with van der Waals surface area (Å²) in [6.07, 6.45) is 0.512. The molecule has 6 nitrogen and oxygen atoms in total. The van der Waals surface area contributed by atoms with Crippen LogP contribution in [-0.2, 0) is 16.1 Å². The number of piperazine rings is 1. The summed E-state index contributed by atoms with van der Waals surface area (Å²) >= 11 is 0. The summed E-state index contributed by atoms with van der Waals surface area (Å²) in [7, 11) is 1.62. The van der Waals surface area contributed by atoms with Crippen molar-refractivity contribution in [1.29, 1.82) is 0 Å². The number of rotatable bonds is 4. The molecule has 1 unspecified atom stereocenters. The molecule has 1 amide bonds. The van der Waals surface area contributed by atoms with Gasteiger partial charge in [0.2, 0.25) is 5.91 Å². The van der Waals surface area contributed by atoms with Gasteiger partial charge < -0.3 is 14.7 Å². The van der Waals surface area contributed by atoms with Gasteiger partial charge in [-0.05, 0) is 24.1 Å². The average molecular weight is 304 g/mol. The van der Waals surface area contributed by atoms with E-state index in [1.165, 1.54) is 6.92 Å². The molecule has 0 aromatic heterocycles. The maximum Gasteiger partial charge on any atom is 0.326 e. The highest BCUT2D eigenvalue weighted by atomic mass is 16.5. The van der Waals surface area contributed by atoms with Gasteiger partial charge in [0, 0.05) is 26.1 Å². The second-order valence-electron chi connectivity index (χ2n) is 6.07. The normalized spacial score (nSPS) is 27.2. The summed E-state index contributed by atoms with van der Waals surface area (Å²) in [6.45, 7) is 2.96. The molecule has 2 saturated heterocycles. The number of aliphatic carboxylic acids is 1. The number of carbonyl (C=O) groups excluding carboxylic acids is 1. The number of methoxy groups -OCH3 is 1. The van der Waals surface area contributed by atoms with Crippen LogP contribution in [-0.4, -0.2) is 58.6 Å². The minimum Gasteiger partial charge on any atom is -0.497 e. The van der Waals surface area contributed by atoms with Gasteiger partial charge in [-0.1, -0.05) is 12.1 Å². The summed E-state index contributed by atoms with van der Waals surface area (Å²) in [5.41, 5.74) is 0.0966. The first-order valence-electron chi connectivity index (χ1n) is 7.35. The molecule has 2 aliphatic heterocycles. The van der Waals surface area contributed by atoms with Gasteiger partial charge in [0.05, 0.1) is 13.7 Å². The Morgan fingerprint density at radius 3 is 2.59 bits per heavy atom. The SMILES string of the molecule is COc1ccc(CN2C[C@@H]3CC2(C(=O)O)CN3C(C)=O)cc1. The highest BCUT2D eigenvalue weighted by Gasteiger charge is 2.59. The average Bonchev–Trinajstić information content (AvgIpc) is 3.04. The van der Waals surface area contributed by atoms with Crippen LogP contribution in [0.3, 0.4) is 0 Å². The van der Waals surface area contributed by atoms with Crippen LogP contribution in [0.25, 0.3) is 0 Å². The zero-order chi connectivity index (χ0) is 15.9. The number of hydrogen-bond acceptors (Lipinski definition) is 4. The monoisotopic (exact) mass is 304 g/mol. The van der Waals surface area contributed by atoms with Gasteiger partial charge in [-0.15, -0.1) is 0 Å². The first-order valence-corrected chi connectivity index (χ1v) is 7.35. The van der Waals surface area contributed by atoms with E-state index in [2.05, 4.69) is 0 Å². The molecule has 6 heteroatoms. The number of amides is 1. The van der Waals surface area contributed by atoms with Crippen LogP contribution in [0, 0.1) is 0 Å². The number of likely N-dealkylation sites (tertiary alicyclic amines) is 2. The molecular weight excluding hydrogens is 284 g/mol. The lowest BCUT2D eigenvalue weighted by atomic mass is 9.98. The second kappa shape index (κ2) is 5.28. The summed E-state index contributed by atoms with van der Waals surface area (Å²) < 4.78 is 5.14. The Kier molecular flexibility index (Phi) is 3.56. The van der Waals surface area contributed by atoms with Crippen molar-refractivity contribution in [2.45, 2.75) is 31.5 Å². The van der Waals surface area contributed by atoms with Gasteiger partial charge in [-0.25, -0.2) is 0 Å². The Labute approximate surface area is 129 Å². The van der Waals surface area contributed by atoms with Crippen LogP contribution < -0.4 is 4.74 Å². The molecule has 0 radical (unpaired) electrons. The maximum atomic E-state index is 11.9. The van der Waals surface area contributed by atoms with Gasteiger partial charge in [0.1, 0.15) is 11.3 Å². The fraction of sp³-hybridized carbons (Fsp3) is 0.500. The topological polar surface area (TPSA) is 70.1 Å². The molecular formula is C16H20N2O4. The minimum absolute atomic E-state index is 0.00634. The lowest BCUT2D eigenvalue weighted by Gasteiger charge is -2.39. The Hall–Kier alpha value is -2.08. The van der Waals surface area contributed by atoms with E-state index < -0.39 is 11.5 Å². The van der Waals surface area contributed by atoms with Gasteiger partial charge in [-0.3, -0.25) is 14.5 Å². The quantitative estimate of drug-likeness (QED) is 0.897. The van der Waals surface area contributed by atoms with Gasteiger partial charge in [0.25, 0.3) is 0 Å². The third-order valence-corrected chi connectivity index (χ3v) is 4.82. The van der Waals surface area contributed by atoms with E-state index in [0.29, 0.717) is 19.5 Å². The van der Waals surface area contributed by atoms with Crippen molar-refractivity contribution in [3.05, 3.63) is 29.8 Å². The fourth-order valence-electron chi connectivity index (χ4n) is 3.62. The van der Waals surface area contributed by atoms with Crippen LogP contribution in [0.4, 0.5) is 0 Å². The summed E-state index contributed by atoms with van der Waals surface area (Å²) in [5, 5.41) is 9.72. The Morgan fingerprint density at radius 1 is 1.36 bits per heavy atom. The van der Waals surface area contributed by atoms with Crippen LogP contribution in [0.5, 0.6) is 5.75 Å². The van der Waals surface area contributed by atoms with Crippen molar-refractivity contribution in [1.82, 2.24) is 9.80 Å². The highest BCUT2D eigenvalue weighted by molar-refractivity contribution is 5.84. The van der Waals surface area contributed by atoms with E-state index in [0.717, 1.165) is 11.3 Å². The van der Waals surface area contributed by atoms with Crippen molar-refractivity contribution < 1.29 is 19.4 Å². The molecule has 118 valence electrons. The van der Waals surface area contributed by atoms with E-state index in [9.17, 15) is 14.7 Å². The molecule has 2 fully saturated rings. The zero-order valence-corrected chi connectivity index (χ0v) is 12.8. The number of fused-ring (bicyclic) bond motifs is 2. The van der Waals surface area contributed by atoms with Crippen molar-refractivity contribution in [2.75, 3.05) is 20.2 Å². The molecule has 1 N–H and O–H groups in total. The standard InChI is InChI=1S/C16H20N2O4/c1-11(19)18-10-16(15(20)21)7-13(18)9-17(16)8-12-3-5-14(22-2)6-4-12/h3-6,13H,7-10H2,1-2H3,(H,20,21)/t13-,16?/m0/s1. The number of ether oxygens (including phenoxy) is 1. The first-order chi connectivity index (χ1) is 10.5. The summed E-state index contributed by atoms with van der Waals surface area (Å²) in [6, 6.07) is 7.65. The largest absolute Gasteiger partial charge is 0.497 e. The zero-order valence-electron chi connectivity index (χ0n) is 12.8. The van der Waals surface area contributed by atoms with Gasteiger partial charge in [0.15, 0.2) is 0 Å². The highest BCUT2D eigenvalue weighted by Crippen LogP contribution is 2.41. The third-order valence-electron chi connectivity index (χ3n) is 4.82. The molecule has 1 aromatic rings. The van der Waals surface area contributed by atoms with Crippen LogP contribution in [0.15, 0.2) is 24.3 Å². The van der Waals surface area contributed by atoms with Crippen LogP contribution in [0.1, 0.15) is 18.9 Å². The third kappa shape index (κ3) is 2.23. The van der Waals surface area contributed by atoms with Crippen molar-refractivity contribution >= 4 is 11.9 Å². The number of benzene rings is 1. The fourth-order valence-corrected chi connectivity index (χ4v) is 3.62. The summed E-state index contributed by atoms with van der Waals surface area (Å²) in [4.78, 5) is 27.2. The molecule has 2 bridgehead atoms. The van der Waals surface area contributed by atoms with Crippen molar-refractivity contribution in [2.24, 2.45) is 0 Å². The van der Waals surface area contributed by atoms with E-state index in [-0.39, 0.29) is 18.5 Å². The van der Waals surface area contributed by atoms with E-state index in [1.54, 1.807) is 12.0 Å². The molecule has 0 saturated carbocycles. The number of carbonyl (C=O) groups is 2. The van der Waals surface area contributed by atoms with E-state index in [1.807, 2.05) is 29.2 Å². The molecule has 2 atom stereocenters. The Bertz CT molecular complexity index is 601. The smallest absolute Gasteiger partial charge is 0.326 e. The predicted octanol–water partition coefficient (Wildman–Crippen LogP) is 0.955. The molecule has 0 spiro atoms. The molecule has 2 aliphatic rings. The van der Waals surface area contributed by atoms with Crippen LogP contribution >= 0.6 is 0 Å². The number of carboxylic acid groups (broad SMARTS) is 1. The second-order valence-corrected chi connectivity index (χ2v) is 6.07. The molecule has 2 heterocycles. The lowest BCUT2D eigenvalue weighted by Crippen LogP contribution is -2.58. The van der Waals surface area contributed by atoms with Crippen molar-refractivity contribution in [3.63, 3.8) is 0 Å². The Balaban J connectivity index is 1.80. The summed E-state index contributed by atoms with van der Waals surface area (Å²) in [5.74, 6) is -0.105. The van der Waals surface area contributed by atoms with Gasteiger partial charge in [-0.2, -0.15) is 0 Å². The first kappa shape index (κ1) is 14.8. The Morgan fingerprint density at radius 2 is 2.05 bits per heavy atom. The molecule has 3 rings (SSSR count). The number of nitrogens with zero attached hydrogens (tertiary/aromatic N) is 2.